The first-order valence-corrected chi connectivity index (χ1v) is 8.71. The minimum atomic E-state index is 0.148. The predicted molar refractivity (Wildman–Crippen MR) is 80.6 cm³/mol. The van der Waals surface area contributed by atoms with Crippen LogP contribution in [-0.2, 0) is 12.8 Å². The molecule has 4 saturated carbocycles. The molecular formula is C17H27N3O. The summed E-state index contributed by atoms with van der Waals surface area (Å²) in [6.07, 6.45) is 11.3. The van der Waals surface area contributed by atoms with Crippen molar-refractivity contribution in [2.75, 3.05) is 0 Å². The van der Waals surface area contributed by atoms with Gasteiger partial charge in [0.15, 0.2) is 5.82 Å². The molecule has 0 aromatic carbocycles. The van der Waals surface area contributed by atoms with Crippen LogP contribution in [0.1, 0.15) is 63.6 Å². The zero-order chi connectivity index (χ0) is 14.4. The number of hydrogen-bond acceptors (Lipinski definition) is 4. The van der Waals surface area contributed by atoms with Crippen LogP contribution in [0.3, 0.4) is 0 Å². The van der Waals surface area contributed by atoms with Crippen LogP contribution in [0.5, 0.6) is 0 Å². The van der Waals surface area contributed by atoms with Gasteiger partial charge in [0.1, 0.15) is 0 Å². The van der Waals surface area contributed by atoms with Crippen molar-refractivity contribution in [3.8, 4) is 0 Å². The monoisotopic (exact) mass is 289 g/mol. The molecule has 0 aliphatic heterocycles. The Morgan fingerprint density at radius 3 is 2.38 bits per heavy atom. The van der Waals surface area contributed by atoms with E-state index < -0.39 is 0 Å². The summed E-state index contributed by atoms with van der Waals surface area (Å²) in [5.41, 5.74) is 6.46. The Labute approximate surface area is 126 Å². The summed E-state index contributed by atoms with van der Waals surface area (Å²) in [4.78, 5) is 4.62. The van der Waals surface area contributed by atoms with Gasteiger partial charge < -0.3 is 10.3 Å². The van der Waals surface area contributed by atoms with Gasteiger partial charge in [-0.2, -0.15) is 4.98 Å². The van der Waals surface area contributed by atoms with Crippen LogP contribution >= 0.6 is 0 Å². The number of rotatable bonds is 5. The summed E-state index contributed by atoms with van der Waals surface area (Å²) in [6.45, 7) is 2.10. The van der Waals surface area contributed by atoms with Gasteiger partial charge in [0, 0.05) is 18.9 Å². The zero-order valence-electron chi connectivity index (χ0n) is 13.1. The smallest absolute Gasteiger partial charge is 0.227 e. The molecule has 0 amide bonds. The third kappa shape index (κ3) is 2.63. The highest BCUT2D eigenvalue weighted by Gasteiger charge is 2.51. The van der Waals surface area contributed by atoms with E-state index in [4.69, 9.17) is 10.3 Å². The second-order valence-corrected chi connectivity index (χ2v) is 8.07. The Morgan fingerprint density at radius 2 is 1.81 bits per heavy atom. The van der Waals surface area contributed by atoms with Gasteiger partial charge in [-0.15, -0.1) is 0 Å². The van der Waals surface area contributed by atoms with Crippen molar-refractivity contribution in [1.82, 2.24) is 10.1 Å². The highest BCUT2D eigenvalue weighted by Crippen LogP contribution is 2.60. The second kappa shape index (κ2) is 5.08. The van der Waals surface area contributed by atoms with Crippen molar-refractivity contribution in [3.63, 3.8) is 0 Å². The largest absolute Gasteiger partial charge is 0.339 e. The summed E-state index contributed by atoms with van der Waals surface area (Å²) in [5, 5.41) is 4.14. The van der Waals surface area contributed by atoms with Crippen molar-refractivity contribution < 1.29 is 4.52 Å². The standard InChI is InChI=1S/C17H27N3O/c1-2-14(18)6-15-19-16(21-20-15)10-17-7-11-3-12(8-17)5-13(4-11)9-17/h11-14H,2-10,18H2,1H3. The van der Waals surface area contributed by atoms with Crippen molar-refractivity contribution >= 4 is 0 Å². The van der Waals surface area contributed by atoms with Crippen LogP contribution in [-0.4, -0.2) is 16.2 Å². The topological polar surface area (TPSA) is 64.9 Å². The molecule has 1 unspecified atom stereocenters. The van der Waals surface area contributed by atoms with Crippen LogP contribution in [0.15, 0.2) is 4.52 Å². The number of nitrogens with two attached hydrogens (primary N) is 1. The predicted octanol–water partition coefficient (Wildman–Crippen LogP) is 3.11. The average Bonchev–Trinajstić information content (AvgIpc) is 2.83. The number of aromatic nitrogens is 2. The van der Waals surface area contributed by atoms with Crippen molar-refractivity contribution in [3.05, 3.63) is 11.7 Å². The fourth-order valence-corrected chi connectivity index (χ4v) is 5.65. The molecule has 1 atom stereocenters. The fourth-order valence-electron chi connectivity index (χ4n) is 5.65. The van der Waals surface area contributed by atoms with Crippen LogP contribution in [0, 0.1) is 23.2 Å². The van der Waals surface area contributed by atoms with Gasteiger partial charge in [-0.05, 0) is 68.1 Å². The molecule has 2 N–H and O–H groups in total. The van der Waals surface area contributed by atoms with Gasteiger partial charge in [-0.3, -0.25) is 0 Å². The van der Waals surface area contributed by atoms with E-state index >= 15 is 0 Å². The molecule has 0 saturated heterocycles. The van der Waals surface area contributed by atoms with Crippen molar-refractivity contribution in [2.24, 2.45) is 28.9 Å². The molecule has 5 rings (SSSR count). The maximum atomic E-state index is 5.98. The molecule has 21 heavy (non-hydrogen) atoms. The lowest BCUT2D eigenvalue weighted by Gasteiger charge is -2.56. The SMILES string of the molecule is CCC(N)Cc1noc(CC23CC4CC(CC(C4)C2)C3)n1. The Hall–Kier alpha value is -0.900. The van der Waals surface area contributed by atoms with E-state index in [2.05, 4.69) is 17.1 Å². The lowest BCUT2D eigenvalue weighted by molar-refractivity contribution is -0.0556. The lowest BCUT2D eigenvalue weighted by atomic mass is 9.49. The molecule has 4 nitrogen and oxygen atoms in total. The van der Waals surface area contributed by atoms with E-state index in [-0.39, 0.29) is 6.04 Å². The van der Waals surface area contributed by atoms with E-state index in [9.17, 15) is 0 Å². The minimum Gasteiger partial charge on any atom is -0.339 e. The number of nitrogens with zero attached hydrogens (tertiary/aromatic N) is 2. The van der Waals surface area contributed by atoms with Gasteiger partial charge in [0.2, 0.25) is 5.89 Å². The normalized spacial score (nSPS) is 38.9. The molecule has 4 heteroatoms. The maximum Gasteiger partial charge on any atom is 0.227 e. The first-order chi connectivity index (χ1) is 10.1. The molecule has 4 bridgehead atoms. The third-order valence-electron chi connectivity index (χ3n) is 6.17. The zero-order valence-corrected chi connectivity index (χ0v) is 13.1. The van der Waals surface area contributed by atoms with E-state index in [1.807, 2.05) is 0 Å². The molecule has 1 aromatic rings. The lowest BCUT2D eigenvalue weighted by Crippen LogP contribution is -2.47. The molecule has 116 valence electrons. The first kappa shape index (κ1) is 13.7. The second-order valence-electron chi connectivity index (χ2n) is 8.07. The van der Waals surface area contributed by atoms with Crippen LogP contribution < -0.4 is 5.73 Å². The molecule has 4 fully saturated rings. The average molecular weight is 289 g/mol. The molecule has 4 aliphatic rings. The summed E-state index contributed by atoms with van der Waals surface area (Å²) in [5.74, 6) is 4.59. The summed E-state index contributed by atoms with van der Waals surface area (Å²) in [7, 11) is 0. The van der Waals surface area contributed by atoms with Crippen LogP contribution in [0.4, 0.5) is 0 Å². The molecule has 4 aliphatic carbocycles. The maximum absolute atomic E-state index is 5.98. The van der Waals surface area contributed by atoms with Gasteiger partial charge in [-0.25, -0.2) is 0 Å². The minimum absolute atomic E-state index is 0.148. The Bertz CT molecular complexity index is 475. The van der Waals surface area contributed by atoms with Gasteiger partial charge in [-0.1, -0.05) is 12.1 Å². The summed E-state index contributed by atoms with van der Waals surface area (Å²) < 4.78 is 5.53. The molecule has 1 aromatic heterocycles. The summed E-state index contributed by atoms with van der Waals surface area (Å²) in [6, 6.07) is 0.148. The third-order valence-corrected chi connectivity index (χ3v) is 6.17. The molecular weight excluding hydrogens is 262 g/mol. The Balaban J connectivity index is 1.46. The van der Waals surface area contributed by atoms with E-state index in [0.717, 1.165) is 48.7 Å². The van der Waals surface area contributed by atoms with E-state index in [1.54, 1.807) is 0 Å². The van der Waals surface area contributed by atoms with Crippen LogP contribution in [0.25, 0.3) is 0 Å². The Morgan fingerprint density at radius 1 is 1.19 bits per heavy atom. The van der Waals surface area contributed by atoms with Crippen molar-refractivity contribution in [1.29, 1.82) is 0 Å². The highest BCUT2D eigenvalue weighted by atomic mass is 16.5. The quantitative estimate of drug-likeness (QED) is 0.904. The van der Waals surface area contributed by atoms with E-state index in [0.29, 0.717) is 5.41 Å². The Kier molecular flexibility index (Phi) is 3.32. The van der Waals surface area contributed by atoms with Gasteiger partial charge in [0.25, 0.3) is 0 Å². The first-order valence-electron chi connectivity index (χ1n) is 8.71. The number of hydrogen-bond donors (Lipinski definition) is 1. The van der Waals surface area contributed by atoms with Crippen molar-refractivity contribution in [2.45, 2.75) is 70.8 Å². The van der Waals surface area contributed by atoms with Gasteiger partial charge in [0.05, 0.1) is 0 Å². The summed E-state index contributed by atoms with van der Waals surface area (Å²) >= 11 is 0. The molecule has 0 radical (unpaired) electrons. The van der Waals surface area contributed by atoms with Crippen LogP contribution in [0.2, 0.25) is 0 Å². The molecule has 0 spiro atoms. The fraction of sp³-hybridized carbons (Fsp3) is 0.882. The highest BCUT2D eigenvalue weighted by molar-refractivity contribution is 5.05. The molecule has 1 heterocycles. The van der Waals surface area contributed by atoms with Gasteiger partial charge >= 0.3 is 0 Å². The van der Waals surface area contributed by atoms with E-state index in [1.165, 1.54) is 38.5 Å².